The molecule has 1 rings (SSSR count). The molecule has 0 radical (unpaired) electrons. The summed E-state index contributed by atoms with van der Waals surface area (Å²) < 4.78 is 43.1. The third kappa shape index (κ3) is 7.62. The normalized spacial score (nSPS) is 16.9. The Balaban J connectivity index is 0.00000143. The van der Waals surface area contributed by atoms with Crippen LogP contribution >= 0.6 is 23.5 Å². The zero-order valence-corrected chi connectivity index (χ0v) is 25.6. The molecule has 0 fully saturated rings. The van der Waals surface area contributed by atoms with Crippen LogP contribution < -0.4 is 9.47 Å². The van der Waals surface area contributed by atoms with Crippen LogP contribution in [0.15, 0.2) is 18.2 Å². The van der Waals surface area contributed by atoms with E-state index in [2.05, 4.69) is 0 Å². The number of hydrogen-bond donors (Lipinski definition) is 0. The lowest BCUT2D eigenvalue weighted by atomic mass is 9.68. The summed E-state index contributed by atoms with van der Waals surface area (Å²) in [6.45, 7) is 5.43. The van der Waals surface area contributed by atoms with Gasteiger partial charge in [0.15, 0.2) is 17.4 Å². The highest BCUT2D eigenvalue weighted by molar-refractivity contribution is 8.12. The van der Waals surface area contributed by atoms with Gasteiger partial charge in [0.25, 0.3) is 0 Å². The van der Waals surface area contributed by atoms with Crippen molar-refractivity contribution in [2.24, 2.45) is 5.92 Å². The summed E-state index contributed by atoms with van der Waals surface area (Å²) in [5.41, 5.74) is -0.691. The van der Waals surface area contributed by atoms with Crippen molar-refractivity contribution in [2.75, 3.05) is 53.5 Å². The summed E-state index contributed by atoms with van der Waals surface area (Å²) in [5, 5.41) is 0. The molecule has 12 heteroatoms. The highest BCUT2D eigenvalue weighted by atomic mass is 32.2. The molecule has 0 amide bonds. The summed E-state index contributed by atoms with van der Waals surface area (Å²) >= 11 is 2.93. The van der Waals surface area contributed by atoms with E-state index in [-0.39, 0.29) is 0 Å². The lowest BCUT2D eigenvalue weighted by Crippen LogP contribution is -2.57. The molecule has 0 aromatic heterocycles. The highest BCUT2D eigenvalue weighted by Crippen LogP contribution is 2.52. The second-order valence-corrected chi connectivity index (χ2v) is 14.0. The predicted octanol–water partition coefficient (Wildman–Crippen LogP) is 3.46. The van der Waals surface area contributed by atoms with Crippen molar-refractivity contribution < 1.29 is 37.0 Å². The number of carbonyl (C=O) groups is 2. The lowest BCUT2D eigenvalue weighted by Gasteiger charge is -2.47. The number of rotatable bonds is 11. The molecule has 8 nitrogen and oxygen atoms in total. The van der Waals surface area contributed by atoms with E-state index in [4.69, 9.17) is 18.9 Å². The molecule has 1 aromatic carbocycles. The van der Waals surface area contributed by atoms with Crippen LogP contribution in [0.1, 0.15) is 26.3 Å². The molecule has 0 bridgehead atoms. The SMILES string of the molecule is COC(=O)C(C(=O)OC)C(C)(c1ccc(OC)c(OC)c1)C(C)(SC)S(C)=O.CSC(C)S(C)=O. The van der Waals surface area contributed by atoms with Gasteiger partial charge >= 0.3 is 11.9 Å². The third-order valence-electron chi connectivity index (χ3n) is 6.12. The quantitative estimate of drug-likeness (QED) is 0.290. The summed E-state index contributed by atoms with van der Waals surface area (Å²) in [6, 6.07) is 5.08. The van der Waals surface area contributed by atoms with Gasteiger partial charge in [0.05, 0.1) is 37.1 Å². The second kappa shape index (κ2) is 15.1. The molecule has 0 heterocycles. The molecule has 0 N–H and O–H groups in total. The number of carbonyl (C=O) groups excluding carboxylic acids is 2. The Morgan fingerprint density at radius 3 is 1.69 bits per heavy atom. The van der Waals surface area contributed by atoms with Crippen LogP contribution in [-0.2, 0) is 46.1 Å². The number of thioether (sulfide) groups is 2. The summed E-state index contributed by atoms with van der Waals surface area (Å²) in [4.78, 5) is 25.4. The highest BCUT2D eigenvalue weighted by Gasteiger charge is 2.59. The first-order valence-corrected chi connectivity index (χ1v) is 16.1. The molecule has 0 spiro atoms. The maximum absolute atomic E-state index is 12.9. The number of esters is 2. The molecule has 202 valence electrons. The van der Waals surface area contributed by atoms with Crippen LogP contribution in [0.5, 0.6) is 11.5 Å². The van der Waals surface area contributed by atoms with Crippen LogP contribution in [-0.4, -0.2) is 82.5 Å². The van der Waals surface area contributed by atoms with E-state index in [1.54, 1.807) is 62.6 Å². The molecule has 0 aliphatic heterocycles. The van der Waals surface area contributed by atoms with E-state index in [0.29, 0.717) is 21.6 Å². The van der Waals surface area contributed by atoms with Crippen LogP contribution in [0.4, 0.5) is 0 Å². The van der Waals surface area contributed by atoms with Gasteiger partial charge in [0, 0.05) is 39.5 Å². The number of hydrogen-bond acceptors (Lipinski definition) is 10. The Bertz CT molecular complexity index is 894. The van der Waals surface area contributed by atoms with Crippen LogP contribution in [0.3, 0.4) is 0 Å². The molecule has 0 saturated carbocycles. The number of benzene rings is 1. The van der Waals surface area contributed by atoms with Crippen molar-refractivity contribution in [1.29, 1.82) is 0 Å². The van der Waals surface area contributed by atoms with Gasteiger partial charge < -0.3 is 18.9 Å². The van der Waals surface area contributed by atoms with E-state index in [1.807, 2.05) is 13.2 Å². The van der Waals surface area contributed by atoms with E-state index in [1.165, 1.54) is 40.2 Å². The molecule has 0 saturated heterocycles. The topological polar surface area (TPSA) is 105 Å². The molecule has 0 aliphatic rings. The molecule has 35 heavy (non-hydrogen) atoms. The van der Waals surface area contributed by atoms with Gasteiger partial charge in [-0.3, -0.25) is 18.0 Å². The molecule has 5 unspecified atom stereocenters. The van der Waals surface area contributed by atoms with Crippen LogP contribution in [0.2, 0.25) is 0 Å². The van der Waals surface area contributed by atoms with E-state index >= 15 is 0 Å². The monoisotopic (exact) mass is 570 g/mol. The first-order chi connectivity index (χ1) is 16.3. The Labute approximate surface area is 222 Å². The van der Waals surface area contributed by atoms with Gasteiger partial charge in [-0.15, -0.1) is 23.5 Å². The first kappa shape index (κ1) is 33.8. The second-order valence-electron chi connectivity index (χ2n) is 7.66. The molecular formula is C23H38O8S4. The van der Waals surface area contributed by atoms with Crippen molar-refractivity contribution in [3.05, 3.63) is 23.8 Å². The van der Waals surface area contributed by atoms with Gasteiger partial charge in [-0.2, -0.15) is 0 Å². The van der Waals surface area contributed by atoms with Crippen molar-refractivity contribution in [2.45, 2.75) is 34.8 Å². The maximum Gasteiger partial charge on any atom is 0.321 e. The zero-order valence-electron chi connectivity index (χ0n) is 22.3. The number of ether oxygens (including phenoxy) is 4. The smallest absolute Gasteiger partial charge is 0.321 e. The van der Waals surface area contributed by atoms with E-state index in [0.717, 1.165) is 0 Å². The fraction of sp³-hybridized carbons (Fsp3) is 0.652. The minimum atomic E-state index is -1.44. The Morgan fingerprint density at radius 2 is 1.40 bits per heavy atom. The van der Waals surface area contributed by atoms with Crippen molar-refractivity contribution in [3.63, 3.8) is 0 Å². The average molecular weight is 571 g/mol. The predicted molar refractivity (Wildman–Crippen MR) is 147 cm³/mol. The maximum atomic E-state index is 12.9. The Morgan fingerprint density at radius 1 is 0.914 bits per heavy atom. The van der Waals surface area contributed by atoms with Gasteiger partial charge in [-0.05, 0) is 44.1 Å². The Hall–Kier alpha value is -1.24. The van der Waals surface area contributed by atoms with E-state index < -0.39 is 48.9 Å². The van der Waals surface area contributed by atoms with Crippen molar-refractivity contribution in [1.82, 2.24) is 0 Å². The van der Waals surface area contributed by atoms with Crippen LogP contribution in [0.25, 0.3) is 0 Å². The van der Waals surface area contributed by atoms with Crippen LogP contribution in [0, 0.1) is 5.92 Å². The lowest BCUT2D eigenvalue weighted by molar-refractivity contribution is -0.162. The standard InChI is InChI=1S/C19H28O7S2.C4H10OS2/c1-18(19(2,27-7)28(8)22,15(16(20)25-5)17(21)26-6)12-9-10-13(23-3)14(11-12)24-4;1-4(6-2)7(3)5/h9-11,15H,1-8H3;4H,1-3H3. The minimum Gasteiger partial charge on any atom is -0.493 e. The minimum absolute atomic E-state index is 0.292. The van der Waals surface area contributed by atoms with Gasteiger partial charge in [0.1, 0.15) is 0 Å². The Kier molecular flexibility index (Phi) is 14.6. The molecule has 0 aliphatic carbocycles. The zero-order chi connectivity index (χ0) is 27.6. The van der Waals surface area contributed by atoms with Gasteiger partial charge in [-0.1, -0.05) is 13.0 Å². The molecule has 1 aromatic rings. The number of methoxy groups -OCH3 is 4. The summed E-state index contributed by atoms with van der Waals surface area (Å²) in [6.07, 6.45) is 7.01. The first-order valence-electron chi connectivity index (χ1n) is 10.4. The fourth-order valence-corrected chi connectivity index (χ4v) is 6.93. The van der Waals surface area contributed by atoms with Gasteiger partial charge in [0.2, 0.25) is 0 Å². The third-order valence-corrected chi connectivity index (χ3v) is 13.0. The summed E-state index contributed by atoms with van der Waals surface area (Å²) in [7, 11) is 3.32. The van der Waals surface area contributed by atoms with Crippen molar-refractivity contribution >= 4 is 57.1 Å². The molecule has 5 atom stereocenters. The molecular weight excluding hydrogens is 533 g/mol. The largest absolute Gasteiger partial charge is 0.493 e. The summed E-state index contributed by atoms with van der Waals surface area (Å²) in [5.74, 6) is -1.97. The van der Waals surface area contributed by atoms with Crippen molar-refractivity contribution in [3.8, 4) is 11.5 Å². The van der Waals surface area contributed by atoms with E-state index in [9.17, 15) is 18.0 Å². The average Bonchev–Trinajstić information content (AvgIpc) is 2.86. The fourth-order valence-electron chi connectivity index (χ4n) is 3.42. The van der Waals surface area contributed by atoms with Gasteiger partial charge in [-0.25, -0.2) is 0 Å².